The van der Waals surface area contributed by atoms with E-state index in [1.165, 1.54) is 51.4 Å². The van der Waals surface area contributed by atoms with Crippen molar-refractivity contribution in [2.75, 3.05) is 13.1 Å². The molecule has 0 radical (unpaired) electrons. The minimum Gasteiger partial charge on any atom is -0.342 e. The highest BCUT2D eigenvalue weighted by atomic mass is 16.2. The van der Waals surface area contributed by atoms with Crippen molar-refractivity contribution < 1.29 is 4.79 Å². The molecule has 1 amide bonds. The molecule has 0 aromatic carbocycles. The van der Waals surface area contributed by atoms with Crippen molar-refractivity contribution in [2.45, 2.75) is 78.1 Å². The fraction of sp³-hybridized carbons (Fsp3) is 0.938. The van der Waals surface area contributed by atoms with Gasteiger partial charge in [0.2, 0.25) is 5.91 Å². The third-order valence-electron chi connectivity index (χ3n) is 4.00. The summed E-state index contributed by atoms with van der Waals surface area (Å²) in [6.45, 7) is 6.50. The third-order valence-corrected chi connectivity index (χ3v) is 4.00. The number of likely N-dealkylation sites (tertiary alicyclic amines) is 1. The summed E-state index contributed by atoms with van der Waals surface area (Å²) >= 11 is 0. The Kier molecular flexibility index (Phi) is 8.11. The summed E-state index contributed by atoms with van der Waals surface area (Å²) in [6, 6.07) is 0. The summed E-state index contributed by atoms with van der Waals surface area (Å²) in [5.74, 6) is 1.10. The lowest BCUT2D eigenvalue weighted by molar-refractivity contribution is -0.133. The summed E-state index contributed by atoms with van der Waals surface area (Å²) in [5.41, 5.74) is 0. The molecule has 1 heterocycles. The lowest BCUT2D eigenvalue weighted by Crippen LogP contribution is -2.38. The number of piperidine rings is 1. The van der Waals surface area contributed by atoms with E-state index in [-0.39, 0.29) is 0 Å². The van der Waals surface area contributed by atoms with Gasteiger partial charge in [0, 0.05) is 19.5 Å². The summed E-state index contributed by atoms with van der Waals surface area (Å²) < 4.78 is 0. The van der Waals surface area contributed by atoms with Gasteiger partial charge in [0.05, 0.1) is 0 Å². The Balaban J connectivity index is 1.99. The molecular weight excluding hydrogens is 222 g/mol. The van der Waals surface area contributed by atoms with Crippen molar-refractivity contribution in [3.8, 4) is 0 Å². The minimum absolute atomic E-state index is 0.398. The van der Waals surface area contributed by atoms with Gasteiger partial charge in [-0.1, -0.05) is 52.4 Å². The molecule has 1 fully saturated rings. The topological polar surface area (TPSA) is 20.3 Å². The molecule has 0 aromatic rings. The van der Waals surface area contributed by atoms with Crippen LogP contribution in [-0.2, 0) is 4.79 Å². The van der Waals surface area contributed by atoms with Crippen molar-refractivity contribution >= 4 is 5.91 Å². The zero-order chi connectivity index (χ0) is 13.2. The molecule has 0 aromatic heterocycles. The van der Waals surface area contributed by atoms with Crippen LogP contribution in [0, 0.1) is 5.92 Å². The molecular formula is C16H31NO. The van der Waals surface area contributed by atoms with Gasteiger partial charge >= 0.3 is 0 Å². The van der Waals surface area contributed by atoms with Crippen molar-refractivity contribution in [3.05, 3.63) is 0 Å². The van der Waals surface area contributed by atoms with Crippen LogP contribution in [0.1, 0.15) is 78.1 Å². The van der Waals surface area contributed by atoms with Crippen LogP contribution in [0.15, 0.2) is 0 Å². The summed E-state index contributed by atoms with van der Waals surface area (Å²) in [4.78, 5) is 14.1. The van der Waals surface area contributed by atoms with Crippen LogP contribution in [0.4, 0.5) is 0 Å². The average Bonchev–Trinajstić information content (AvgIpc) is 2.37. The molecule has 0 unspecified atom stereocenters. The van der Waals surface area contributed by atoms with Crippen LogP contribution in [0.5, 0.6) is 0 Å². The van der Waals surface area contributed by atoms with E-state index in [1.807, 2.05) is 0 Å². The van der Waals surface area contributed by atoms with Gasteiger partial charge in [-0.25, -0.2) is 0 Å². The lowest BCUT2D eigenvalue weighted by Gasteiger charge is -2.31. The van der Waals surface area contributed by atoms with E-state index >= 15 is 0 Å². The quantitative estimate of drug-likeness (QED) is 0.588. The van der Waals surface area contributed by atoms with E-state index in [0.29, 0.717) is 11.8 Å². The van der Waals surface area contributed by atoms with Gasteiger partial charge in [0.15, 0.2) is 0 Å². The molecule has 1 rings (SSSR count). The van der Waals surface area contributed by atoms with Crippen LogP contribution < -0.4 is 0 Å². The molecule has 0 bridgehead atoms. The van der Waals surface area contributed by atoms with Crippen LogP contribution in [0.3, 0.4) is 0 Å². The fourth-order valence-corrected chi connectivity index (χ4v) is 2.81. The number of hydrogen-bond acceptors (Lipinski definition) is 1. The first-order chi connectivity index (χ1) is 8.74. The predicted octanol–water partition coefficient (Wildman–Crippen LogP) is 4.39. The highest BCUT2D eigenvalue weighted by Crippen LogP contribution is 2.17. The molecule has 1 atom stereocenters. The Morgan fingerprint density at radius 1 is 1.11 bits per heavy atom. The Morgan fingerprint density at radius 2 is 1.78 bits per heavy atom. The van der Waals surface area contributed by atoms with E-state index in [9.17, 15) is 4.79 Å². The number of carbonyl (C=O) groups excluding carboxylic acids is 1. The van der Waals surface area contributed by atoms with E-state index in [2.05, 4.69) is 18.7 Å². The van der Waals surface area contributed by atoms with Crippen LogP contribution in [0.25, 0.3) is 0 Å². The molecule has 2 nitrogen and oxygen atoms in total. The first-order valence-electron chi connectivity index (χ1n) is 8.01. The molecule has 18 heavy (non-hydrogen) atoms. The van der Waals surface area contributed by atoms with E-state index in [0.717, 1.165) is 25.9 Å². The van der Waals surface area contributed by atoms with E-state index in [4.69, 9.17) is 0 Å². The van der Waals surface area contributed by atoms with Crippen LogP contribution >= 0.6 is 0 Å². The summed E-state index contributed by atoms with van der Waals surface area (Å²) in [7, 11) is 0. The molecule has 1 saturated heterocycles. The summed E-state index contributed by atoms with van der Waals surface area (Å²) in [5, 5.41) is 0. The number of nitrogens with zero attached hydrogens (tertiary/aromatic N) is 1. The Bertz CT molecular complexity index is 227. The van der Waals surface area contributed by atoms with Gasteiger partial charge in [-0.3, -0.25) is 4.79 Å². The monoisotopic (exact) mass is 253 g/mol. The van der Waals surface area contributed by atoms with E-state index in [1.54, 1.807) is 0 Å². The van der Waals surface area contributed by atoms with Gasteiger partial charge in [-0.05, 0) is 25.2 Å². The predicted molar refractivity (Wildman–Crippen MR) is 77.6 cm³/mol. The normalized spacial score (nSPS) is 20.1. The van der Waals surface area contributed by atoms with Gasteiger partial charge in [0.1, 0.15) is 0 Å². The molecule has 2 heteroatoms. The van der Waals surface area contributed by atoms with Crippen molar-refractivity contribution in [1.82, 2.24) is 4.90 Å². The minimum atomic E-state index is 0.398. The molecule has 1 aliphatic rings. The van der Waals surface area contributed by atoms with Crippen LogP contribution in [-0.4, -0.2) is 23.9 Å². The third kappa shape index (κ3) is 6.42. The van der Waals surface area contributed by atoms with Crippen molar-refractivity contribution in [3.63, 3.8) is 0 Å². The Hall–Kier alpha value is -0.530. The number of carbonyl (C=O) groups is 1. The molecule has 0 N–H and O–H groups in total. The maximum absolute atomic E-state index is 12.0. The van der Waals surface area contributed by atoms with Crippen molar-refractivity contribution in [2.24, 2.45) is 5.92 Å². The van der Waals surface area contributed by atoms with Gasteiger partial charge in [-0.15, -0.1) is 0 Å². The lowest BCUT2D eigenvalue weighted by atomic mass is 9.99. The second kappa shape index (κ2) is 9.41. The largest absolute Gasteiger partial charge is 0.342 e. The molecule has 106 valence electrons. The average molecular weight is 253 g/mol. The highest BCUT2D eigenvalue weighted by molar-refractivity contribution is 5.76. The fourth-order valence-electron chi connectivity index (χ4n) is 2.81. The maximum Gasteiger partial charge on any atom is 0.222 e. The first kappa shape index (κ1) is 15.5. The van der Waals surface area contributed by atoms with Gasteiger partial charge < -0.3 is 4.90 Å². The number of unbranched alkanes of at least 4 members (excludes halogenated alkanes) is 6. The number of rotatable bonds is 8. The van der Waals surface area contributed by atoms with Crippen LogP contribution in [0.2, 0.25) is 0 Å². The zero-order valence-corrected chi connectivity index (χ0v) is 12.4. The molecule has 0 aliphatic carbocycles. The number of hydrogen-bond donors (Lipinski definition) is 0. The highest BCUT2D eigenvalue weighted by Gasteiger charge is 2.19. The van der Waals surface area contributed by atoms with E-state index < -0.39 is 0 Å². The summed E-state index contributed by atoms with van der Waals surface area (Å²) in [6.07, 6.45) is 12.3. The second-order valence-electron chi connectivity index (χ2n) is 5.96. The SMILES string of the molecule is CCCCCCCCCC(=O)N1CCC[C@@H](C)C1. The Morgan fingerprint density at radius 3 is 2.44 bits per heavy atom. The molecule has 1 aliphatic heterocycles. The molecule has 0 saturated carbocycles. The Labute approximate surface area is 113 Å². The van der Waals surface area contributed by atoms with Gasteiger partial charge in [-0.2, -0.15) is 0 Å². The zero-order valence-electron chi connectivity index (χ0n) is 12.4. The first-order valence-corrected chi connectivity index (χ1v) is 8.01. The number of amides is 1. The van der Waals surface area contributed by atoms with Crippen molar-refractivity contribution in [1.29, 1.82) is 0 Å². The smallest absolute Gasteiger partial charge is 0.222 e. The second-order valence-corrected chi connectivity index (χ2v) is 5.96. The van der Waals surface area contributed by atoms with Gasteiger partial charge in [0.25, 0.3) is 0 Å². The molecule has 0 spiro atoms. The maximum atomic E-state index is 12.0. The standard InChI is InChI=1S/C16H31NO/c1-3-4-5-6-7-8-9-12-16(18)17-13-10-11-15(2)14-17/h15H,3-14H2,1-2H3/t15-/m1/s1.